The molecule has 0 aliphatic carbocycles. The minimum absolute atomic E-state index is 0.428. The molecule has 2 heteroatoms. The van der Waals surface area contributed by atoms with Crippen molar-refractivity contribution in [3.05, 3.63) is 23.7 Å². The van der Waals surface area contributed by atoms with E-state index in [2.05, 4.69) is 33.0 Å². The Morgan fingerprint density at radius 1 is 1.31 bits per heavy atom. The van der Waals surface area contributed by atoms with Crippen molar-refractivity contribution in [3.63, 3.8) is 0 Å². The lowest BCUT2D eigenvalue weighted by Crippen LogP contribution is -2.26. The highest BCUT2D eigenvalue weighted by Gasteiger charge is 2.12. The average molecular weight is 223 g/mol. The van der Waals surface area contributed by atoms with Crippen LogP contribution in [0.3, 0.4) is 0 Å². The molecule has 0 saturated heterocycles. The second-order valence-corrected chi connectivity index (χ2v) is 5.89. The molecule has 0 fully saturated rings. The Labute approximate surface area is 99.4 Å². The summed E-state index contributed by atoms with van der Waals surface area (Å²) in [5, 5.41) is 3.49. The zero-order chi connectivity index (χ0) is 12.2. The van der Waals surface area contributed by atoms with Gasteiger partial charge in [0.25, 0.3) is 0 Å². The Balaban J connectivity index is 2.22. The van der Waals surface area contributed by atoms with E-state index in [-0.39, 0.29) is 0 Å². The lowest BCUT2D eigenvalue weighted by Gasteiger charge is -2.21. The maximum Gasteiger partial charge on any atom is 0.117 e. The van der Waals surface area contributed by atoms with Crippen molar-refractivity contribution >= 4 is 0 Å². The third kappa shape index (κ3) is 5.36. The first kappa shape index (κ1) is 13.3. The lowest BCUT2D eigenvalue weighted by molar-refractivity contribution is 0.331. The van der Waals surface area contributed by atoms with Gasteiger partial charge in [-0.15, -0.1) is 0 Å². The van der Waals surface area contributed by atoms with Gasteiger partial charge in [0.2, 0.25) is 0 Å². The van der Waals surface area contributed by atoms with Crippen LogP contribution in [0, 0.1) is 12.3 Å². The molecule has 0 spiro atoms. The second-order valence-electron chi connectivity index (χ2n) is 5.89. The smallest absolute Gasteiger partial charge is 0.117 e. The van der Waals surface area contributed by atoms with Crippen LogP contribution in [-0.2, 0) is 6.54 Å². The standard InChI is InChI=1S/C14H25NO/c1-11(8-9-14(3,4)5)15-10-13-7-6-12(2)16-13/h6-7,11,15H,8-10H2,1-5H3. The van der Waals surface area contributed by atoms with Gasteiger partial charge in [-0.3, -0.25) is 0 Å². The first-order valence-electron chi connectivity index (χ1n) is 6.15. The SMILES string of the molecule is Cc1ccc(CNC(C)CCC(C)(C)C)o1. The Hall–Kier alpha value is -0.760. The van der Waals surface area contributed by atoms with Gasteiger partial charge in [0.15, 0.2) is 0 Å². The van der Waals surface area contributed by atoms with Gasteiger partial charge in [0, 0.05) is 6.04 Å². The molecule has 1 heterocycles. The normalized spacial score (nSPS) is 14.1. The maximum atomic E-state index is 5.52. The summed E-state index contributed by atoms with van der Waals surface area (Å²) in [6, 6.07) is 4.60. The molecule has 1 atom stereocenters. The summed E-state index contributed by atoms with van der Waals surface area (Å²) in [5.74, 6) is 2.01. The quantitative estimate of drug-likeness (QED) is 0.819. The fourth-order valence-electron chi connectivity index (χ4n) is 1.61. The summed E-state index contributed by atoms with van der Waals surface area (Å²) < 4.78 is 5.52. The van der Waals surface area contributed by atoms with E-state index in [4.69, 9.17) is 4.42 Å². The Morgan fingerprint density at radius 3 is 2.50 bits per heavy atom. The van der Waals surface area contributed by atoms with Crippen LogP contribution in [0.1, 0.15) is 52.1 Å². The fraction of sp³-hybridized carbons (Fsp3) is 0.714. The van der Waals surface area contributed by atoms with Crippen molar-refractivity contribution in [2.45, 2.75) is 60.0 Å². The number of furan rings is 1. The molecular formula is C14H25NO. The third-order valence-corrected chi connectivity index (χ3v) is 2.75. The van der Waals surface area contributed by atoms with Crippen molar-refractivity contribution in [2.24, 2.45) is 5.41 Å². The topological polar surface area (TPSA) is 25.2 Å². The Morgan fingerprint density at radius 2 is 2.00 bits per heavy atom. The molecule has 0 amide bonds. The summed E-state index contributed by atoms with van der Waals surface area (Å²) in [4.78, 5) is 0. The number of rotatable bonds is 5. The molecule has 2 nitrogen and oxygen atoms in total. The average Bonchev–Trinajstić information content (AvgIpc) is 2.57. The van der Waals surface area contributed by atoms with Gasteiger partial charge >= 0.3 is 0 Å². The number of hydrogen-bond acceptors (Lipinski definition) is 2. The van der Waals surface area contributed by atoms with E-state index in [0.717, 1.165) is 18.1 Å². The molecule has 0 aromatic carbocycles. The fourth-order valence-corrected chi connectivity index (χ4v) is 1.61. The van der Waals surface area contributed by atoms with Crippen molar-refractivity contribution < 1.29 is 4.42 Å². The lowest BCUT2D eigenvalue weighted by atomic mass is 9.89. The van der Waals surface area contributed by atoms with Crippen LogP contribution in [0.25, 0.3) is 0 Å². The van der Waals surface area contributed by atoms with E-state index in [0.29, 0.717) is 11.5 Å². The largest absolute Gasteiger partial charge is 0.465 e. The molecule has 1 N–H and O–H groups in total. The molecule has 0 aliphatic rings. The summed E-state index contributed by atoms with van der Waals surface area (Å²) in [6.07, 6.45) is 2.46. The van der Waals surface area contributed by atoms with Gasteiger partial charge in [0.05, 0.1) is 6.54 Å². The van der Waals surface area contributed by atoms with E-state index in [1.807, 2.05) is 19.1 Å². The number of hydrogen-bond donors (Lipinski definition) is 1. The van der Waals surface area contributed by atoms with Crippen molar-refractivity contribution in [2.75, 3.05) is 0 Å². The molecule has 1 rings (SSSR count). The third-order valence-electron chi connectivity index (χ3n) is 2.75. The van der Waals surface area contributed by atoms with E-state index in [1.165, 1.54) is 12.8 Å². The van der Waals surface area contributed by atoms with E-state index >= 15 is 0 Å². The molecule has 0 saturated carbocycles. The summed E-state index contributed by atoms with van der Waals surface area (Å²) >= 11 is 0. The summed E-state index contributed by atoms with van der Waals surface area (Å²) in [5.41, 5.74) is 0.428. The predicted molar refractivity (Wildman–Crippen MR) is 68.4 cm³/mol. The van der Waals surface area contributed by atoms with Crippen molar-refractivity contribution in [1.82, 2.24) is 5.32 Å². The van der Waals surface area contributed by atoms with Gasteiger partial charge in [-0.05, 0) is 44.2 Å². The molecule has 0 aliphatic heterocycles. The highest BCUT2D eigenvalue weighted by atomic mass is 16.3. The minimum atomic E-state index is 0.428. The van der Waals surface area contributed by atoms with Gasteiger partial charge in [-0.25, -0.2) is 0 Å². The van der Waals surface area contributed by atoms with Crippen LogP contribution in [-0.4, -0.2) is 6.04 Å². The van der Waals surface area contributed by atoms with Crippen molar-refractivity contribution in [1.29, 1.82) is 0 Å². The van der Waals surface area contributed by atoms with Gasteiger partial charge in [-0.1, -0.05) is 20.8 Å². The van der Waals surface area contributed by atoms with Gasteiger partial charge in [-0.2, -0.15) is 0 Å². The predicted octanol–water partition coefficient (Wildman–Crippen LogP) is 3.89. The molecule has 1 unspecified atom stereocenters. The Bertz CT molecular complexity index is 309. The molecule has 1 aromatic heterocycles. The summed E-state index contributed by atoms with van der Waals surface area (Å²) in [6.45, 7) is 11.9. The number of nitrogens with one attached hydrogen (secondary N) is 1. The van der Waals surface area contributed by atoms with Crippen LogP contribution in [0.4, 0.5) is 0 Å². The van der Waals surface area contributed by atoms with Crippen LogP contribution in [0.15, 0.2) is 16.5 Å². The zero-order valence-corrected chi connectivity index (χ0v) is 11.3. The zero-order valence-electron chi connectivity index (χ0n) is 11.3. The second kappa shape index (κ2) is 5.53. The van der Waals surface area contributed by atoms with Crippen LogP contribution >= 0.6 is 0 Å². The molecule has 92 valence electrons. The van der Waals surface area contributed by atoms with E-state index in [9.17, 15) is 0 Å². The highest BCUT2D eigenvalue weighted by molar-refractivity contribution is 5.05. The Kier molecular flexibility index (Phi) is 4.60. The first-order chi connectivity index (χ1) is 7.37. The van der Waals surface area contributed by atoms with Crippen LogP contribution in [0.5, 0.6) is 0 Å². The molecule has 1 aromatic rings. The maximum absolute atomic E-state index is 5.52. The molecule has 0 bridgehead atoms. The molecular weight excluding hydrogens is 198 g/mol. The van der Waals surface area contributed by atoms with E-state index < -0.39 is 0 Å². The molecule has 0 radical (unpaired) electrons. The summed E-state index contributed by atoms with van der Waals surface area (Å²) in [7, 11) is 0. The van der Waals surface area contributed by atoms with Gasteiger partial charge < -0.3 is 9.73 Å². The monoisotopic (exact) mass is 223 g/mol. The number of aryl methyl sites for hydroxylation is 1. The van der Waals surface area contributed by atoms with Crippen LogP contribution < -0.4 is 5.32 Å². The minimum Gasteiger partial charge on any atom is -0.465 e. The highest BCUT2D eigenvalue weighted by Crippen LogP contribution is 2.21. The van der Waals surface area contributed by atoms with Crippen LogP contribution in [0.2, 0.25) is 0 Å². The van der Waals surface area contributed by atoms with Gasteiger partial charge in [0.1, 0.15) is 11.5 Å². The van der Waals surface area contributed by atoms with Crippen molar-refractivity contribution in [3.8, 4) is 0 Å². The van der Waals surface area contributed by atoms with E-state index in [1.54, 1.807) is 0 Å². The molecule has 16 heavy (non-hydrogen) atoms. The first-order valence-corrected chi connectivity index (χ1v) is 6.15.